The number of benzene rings is 3. The van der Waals surface area contributed by atoms with E-state index in [0.29, 0.717) is 34.8 Å². The molecule has 0 aliphatic carbocycles. The molecule has 0 bridgehead atoms. The van der Waals surface area contributed by atoms with Crippen LogP contribution in [0.2, 0.25) is 0 Å². The van der Waals surface area contributed by atoms with Crippen molar-refractivity contribution in [2.24, 2.45) is 4.99 Å². The summed E-state index contributed by atoms with van der Waals surface area (Å²) in [5.74, 6) is 1.20. The summed E-state index contributed by atoms with van der Waals surface area (Å²) in [6.07, 6.45) is 1.85. The summed E-state index contributed by atoms with van der Waals surface area (Å²) >= 11 is 3.57. The number of ether oxygens (including phenoxy) is 2. The average molecular weight is 584 g/mol. The molecule has 0 aromatic heterocycles. The van der Waals surface area contributed by atoms with Gasteiger partial charge in [0.15, 0.2) is 16.7 Å². The first-order valence-electron chi connectivity index (χ1n) is 10.9. The number of halogens is 1. The zero-order chi connectivity index (χ0) is 24.1. The van der Waals surface area contributed by atoms with Crippen molar-refractivity contribution in [2.45, 2.75) is 27.4 Å². The maximum Gasteiger partial charge on any atom is 0.264 e. The number of amides is 1. The van der Waals surface area contributed by atoms with Crippen LogP contribution in [-0.2, 0) is 11.4 Å². The number of aryl methyl sites for hydroxylation is 2. The minimum absolute atomic E-state index is 0.163. The summed E-state index contributed by atoms with van der Waals surface area (Å²) < 4.78 is 12.9. The molecule has 5 nitrogen and oxygen atoms in total. The Hall–Kier alpha value is -2.78. The van der Waals surface area contributed by atoms with Gasteiger partial charge in [-0.3, -0.25) is 4.79 Å². The molecule has 0 atom stereocenters. The highest BCUT2D eigenvalue weighted by molar-refractivity contribution is 14.1. The van der Waals surface area contributed by atoms with Gasteiger partial charge in [-0.1, -0.05) is 47.5 Å². The number of thioether (sulfide) groups is 1. The minimum atomic E-state index is -0.163. The Morgan fingerprint density at radius 2 is 1.68 bits per heavy atom. The fourth-order valence-electron chi connectivity index (χ4n) is 3.28. The van der Waals surface area contributed by atoms with Crippen molar-refractivity contribution in [3.8, 4) is 11.5 Å². The summed E-state index contributed by atoms with van der Waals surface area (Å²) in [6, 6.07) is 20.0. The molecule has 1 fully saturated rings. The van der Waals surface area contributed by atoms with Crippen molar-refractivity contribution in [1.29, 1.82) is 0 Å². The third-order valence-electron chi connectivity index (χ3n) is 5.05. The number of amidine groups is 1. The number of carbonyl (C=O) groups is 1. The molecule has 34 heavy (non-hydrogen) atoms. The highest BCUT2D eigenvalue weighted by Crippen LogP contribution is 2.37. The van der Waals surface area contributed by atoms with Gasteiger partial charge in [-0.05, 0) is 96.6 Å². The lowest BCUT2D eigenvalue weighted by atomic mass is 10.1. The number of aliphatic imine (C=N–C) groups is 1. The predicted octanol–water partition coefficient (Wildman–Crippen LogP) is 6.78. The monoisotopic (exact) mass is 584 g/mol. The van der Waals surface area contributed by atoms with E-state index in [9.17, 15) is 4.79 Å². The van der Waals surface area contributed by atoms with E-state index < -0.39 is 0 Å². The van der Waals surface area contributed by atoms with E-state index in [2.05, 4.69) is 64.1 Å². The lowest BCUT2D eigenvalue weighted by Crippen LogP contribution is -2.19. The van der Waals surface area contributed by atoms with Crippen LogP contribution < -0.4 is 14.8 Å². The van der Waals surface area contributed by atoms with Gasteiger partial charge in [0.25, 0.3) is 5.91 Å². The van der Waals surface area contributed by atoms with Crippen LogP contribution in [0.25, 0.3) is 6.08 Å². The van der Waals surface area contributed by atoms with Gasteiger partial charge in [0.05, 0.1) is 20.8 Å². The van der Waals surface area contributed by atoms with Gasteiger partial charge in [-0.15, -0.1) is 0 Å². The van der Waals surface area contributed by atoms with Crippen LogP contribution in [0.15, 0.2) is 70.6 Å². The van der Waals surface area contributed by atoms with Crippen molar-refractivity contribution < 1.29 is 14.3 Å². The molecule has 1 saturated heterocycles. The Morgan fingerprint density at radius 3 is 2.35 bits per heavy atom. The predicted molar refractivity (Wildman–Crippen MR) is 148 cm³/mol. The van der Waals surface area contributed by atoms with Crippen LogP contribution >= 0.6 is 34.4 Å². The smallest absolute Gasteiger partial charge is 0.264 e. The second kappa shape index (κ2) is 11.1. The summed E-state index contributed by atoms with van der Waals surface area (Å²) in [4.78, 5) is 17.7. The van der Waals surface area contributed by atoms with E-state index in [1.165, 1.54) is 22.9 Å². The molecule has 1 aliphatic heterocycles. The van der Waals surface area contributed by atoms with Crippen molar-refractivity contribution in [2.75, 3.05) is 6.61 Å². The minimum Gasteiger partial charge on any atom is -0.490 e. The molecule has 0 unspecified atom stereocenters. The molecule has 0 saturated carbocycles. The molecule has 4 rings (SSSR count). The van der Waals surface area contributed by atoms with E-state index in [4.69, 9.17) is 9.47 Å². The number of hydrogen-bond donors (Lipinski definition) is 1. The summed E-state index contributed by atoms with van der Waals surface area (Å²) in [5.41, 5.74) is 5.14. The molecule has 0 radical (unpaired) electrons. The molecular formula is C27H25IN2O3S. The van der Waals surface area contributed by atoms with Crippen LogP contribution in [0.5, 0.6) is 11.5 Å². The van der Waals surface area contributed by atoms with Crippen LogP contribution in [0.1, 0.15) is 29.2 Å². The van der Waals surface area contributed by atoms with Crippen LogP contribution in [0, 0.1) is 17.4 Å². The van der Waals surface area contributed by atoms with Gasteiger partial charge in [0.1, 0.15) is 6.61 Å². The molecule has 1 amide bonds. The van der Waals surface area contributed by atoms with Crippen molar-refractivity contribution in [3.05, 3.63) is 91.4 Å². The van der Waals surface area contributed by atoms with Crippen LogP contribution in [-0.4, -0.2) is 17.7 Å². The highest BCUT2D eigenvalue weighted by Gasteiger charge is 2.24. The zero-order valence-corrected chi connectivity index (χ0v) is 22.2. The Morgan fingerprint density at radius 1 is 1.00 bits per heavy atom. The van der Waals surface area contributed by atoms with E-state index in [-0.39, 0.29) is 5.91 Å². The maximum atomic E-state index is 12.5. The fraction of sp³-hybridized carbons (Fsp3) is 0.185. The Kier molecular flexibility index (Phi) is 7.95. The van der Waals surface area contributed by atoms with Crippen molar-refractivity contribution >= 4 is 57.2 Å². The molecule has 7 heteroatoms. The molecule has 1 heterocycles. The SMILES string of the molecule is CCOc1cc(/C=C2/SC(=Nc3ccc(C)cc3)NC2=O)cc(I)c1OCc1ccc(C)cc1. The first kappa shape index (κ1) is 24.3. The third kappa shape index (κ3) is 6.21. The van der Waals surface area contributed by atoms with Gasteiger partial charge < -0.3 is 14.8 Å². The lowest BCUT2D eigenvalue weighted by molar-refractivity contribution is -0.115. The second-order valence-corrected chi connectivity index (χ2v) is 10.0. The van der Waals surface area contributed by atoms with Gasteiger partial charge in [0, 0.05) is 0 Å². The number of rotatable bonds is 7. The van der Waals surface area contributed by atoms with Gasteiger partial charge in [-0.25, -0.2) is 4.99 Å². The summed E-state index contributed by atoms with van der Waals surface area (Å²) in [5, 5.41) is 3.41. The third-order valence-corrected chi connectivity index (χ3v) is 6.76. The van der Waals surface area contributed by atoms with E-state index in [1.807, 2.05) is 56.3 Å². The standard InChI is InChI=1S/C27H25IN2O3S/c1-4-32-23-14-20(13-22(28)25(23)33-16-19-9-5-17(2)6-10-19)15-24-26(31)30-27(34-24)29-21-11-7-18(3)8-12-21/h5-15H,4,16H2,1-3H3,(H,29,30,31)/b24-15+. The number of carbonyl (C=O) groups excluding carboxylic acids is 1. The second-order valence-electron chi connectivity index (χ2n) is 7.85. The van der Waals surface area contributed by atoms with E-state index in [1.54, 1.807) is 0 Å². The number of hydrogen-bond acceptors (Lipinski definition) is 5. The molecule has 0 spiro atoms. The molecule has 3 aromatic rings. The normalized spacial score (nSPS) is 15.6. The van der Waals surface area contributed by atoms with Crippen molar-refractivity contribution in [1.82, 2.24) is 5.32 Å². The number of nitrogens with zero attached hydrogens (tertiary/aromatic N) is 1. The quantitative estimate of drug-likeness (QED) is 0.246. The summed E-state index contributed by atoms with van der Waals surface area (Å²) in [6.45, 7) is 7.00. The zero-order valence-electron chi connectivity index (χ0n) is 19.2. The first-order valence-corrected chi connectivity index (χ1v) is 12.8. The van der Waals surface area contributed by atoms with Crippen LogP contribution in [0.4, 0.5) is 5.69 Å². The Labute approximate surface area is 217 Å². The van der Waals surface area contributed by atoms with E-state index in [0.717, 1.165) is 20.4 Å². The van der Waals surface area contributed by atoms with Crippen LogP contribution in [0.3, 0.4) is 0 Å². The van der Waals surface area contributed by atoms with Gasteiger partial charge >= 0.3 is 0 Å². The summed E-state index contributed by atoms with van der Waals surface area (Å²) in [7, 11) is 0. The largest absolute Gasteiger partial charge is 0.490 e. The van der Waals surface area contributed by atoms with Gasteiger partial charge in [0.2, 0.25) is 0 Å². The first-order chi connectivity index (χ1) is 16.4. The Bertz CT molecular complexity index is 1250. The fourth-order valence-corrected chi connectivity index (χ4v) is 4.91. The van der Waals surface area contributed by atoms with Crippen molar-refractivity contribution in [3.63, 3.8) is 0 Å². The molecule has 3 aromatic carbocycles. The Balaban J connectivity index is 1.54. The van der Waals surface area contributed by atoms with Gasteiger partial charge in [-0.2, -0.15) is 0 Å². The highest BCUT2D eigenvalue weighted by atomic mass is 127. The molecule has 1 N–H and O–H groups in total. The molecule has 1 aliphatic rings. The molecular weight excluding hydrogens is 559 g/mol. The topological polar surface area (TPSA) is 59.9 Å². The lowest BCUT2D eigenvalue weighted by Gasteiger charge is -2.15. The average Bonchev–Trinajstić information content (AvgIpc) is 3.14. The maximum absolute atomic E-state index is 12.5. The molecule has 174 valence electrons. The van der Waals surface area contributed by atoms with E-state index >= 15 is 0 Å². The number of nitrogens with one attached hydrogen (secondary N) is 1.